The molecule has 0 aliphatic carbocycles. The zero-order valence-corrected chi connectivity index (χ0v) is 12.8. The zero-order valence-electron chi connectivity index (χ0n) is 12.0. The fourth-order valence-electron chi connectivity index (χ4n) is 2.61. The Hall–Kier alpha value is -1.89. The molecular weight excluding hydrogens is 286 g/mol. The normalized spacial score (nSPS) is 18.7. The molecule has 112 valence electrons. The number of hydrogen-bond donors (Lipinski definition) is 2. The molecule has 2 N–H and O–H groups in total. The number of nitrogens with one attached hydrogen (secondary N) is 2. The number of rotatable bonds is 3. The first-order chi connectivity index (χ1) is 10.3. The zero-order chi connectivity index (χ0) is 14.7. The summed E-state index contributed by atoms with van der Waals surface area (Å²) in [5.74, 6) is 0.859. The number of carbonyl (C=O) groups is 1. The van der Waals surface area contributed by atoms with Gasteiger partial charge >= 0.3 is 6.03 Å². The van der Waals surface area contributed by atoms with Crippen LogP contribution in [-0.2, 0) is 6.42 Å². The molecule has 0 saturated carbocycles. The number of amides is 2. The van der Waals surface area contributed by atoms with Crippen LogP contribution in [0.2, 0.25) is 0 Å². The highest BCUT2D eigenvalue weighted by Crippen LogP contribution is 2.29. The highest BCUT2D eigenvalue weighted by molar-refractivity contribution is 7.15. The highest BCUT2D eigenvalue weighted by Gasteiger charge is 2.29. The minimum absolute atomic E-state index is 0.0272. The molecule has 0 radical (unpaired) electrons. The van der Waals surface area contributed by atoms with Crippen LogP contribution in [0.4, 0.5) is 9.93 Å². The predicted molar refractivity (Wildman–Crippen MR) is 82.4 cm³/mol. The Bertz CT molecular complexity index is 594. The molecule has 3 rings (SSSR count). The highest BCUT2D eigenvalue weighted by atomic mass is 32.1. The number of imidazole rings is 1. The van der Waals surface area contributed by atoms with E-state index in [1.54, 1.807) is 12.4 Å². The Kier molecular flexibility index (Phi) is 4.19. The molecule has 2 aromatic rings. The van der Waals surface area contributed by atoms with Crippen LogP contribution in [0, 0.1) is 0 Å². The second-order valence-corrected chi connectivity index (χ2v) is 6.21. The van der Waals surface area contributed by atoms with Crippen molar-refractivity contribution in [3.05, 3.63) is 29.3 Å². The summed E-state index contributed by atoms with van der Waals surface area (Å²) in [6.07, 6.45) is 9.38. The molecule has 1 atom stereocenters. The van der Waals surface area contributed by atoms with Gasteiger partial charge in [-0.3, -0.25) is 5.32 Å². The van der Waals surface area contributed by atoms with Crippen molar-refractivity contribution in [3.63, 3.8) is 0 Å². The molecule has 21 heavy (non-hydrogen) atoms. The summed E-state index contributed by atoms with van der Waals surface area (Å²) < 4.78 is 0. The smallest absolute Gasteiger partial charge is 0.324 e. The maximum Gasteiger partial charge on any atom is 0.324 e. The Morgan fingerprint density at radius 2 is 2.43 bits per heavy atom. The Morgan fingerprint density at radius 1 is 1.52 bits per heavy atom. The minimum atomic E-state index is -0.0897. The van der Waals surface area contributed by atoms with Crippen molar-refractivity contribution in [3.8, 4) is 0 Å². The lowest BCUT2D eigenvalue weighted by atomic mass is 10.0. The molecule has 0 aromatic carbocycles. The van der Waals surface area contributed by atoms with E-state index in [-0.39, 0.29) is 12.1 Å². The third-order valence-electron chi connectivity index (χ3n) is 3.71. The molecule has 1 saturated heterocycles. The molecule has 1 fully saturated rings. The quantitative estimate of drug-likeness (QED) is 0.914. The van der Waals surface area contributed by atoms with Gasteiger partial charge in [-0.05, 0) is 25.7 Å². The maximum atomic E-state index is 12.5. The van der Waals surface area contributed by atoms with Gasteiger partial charge in [0.05, 0.1) is 6.04 Å². The molecule has 0 bridgehead atoms. The van der Waals surface area contributed by atoms with Crippen LogP contribution in [0.3, 0.4) is 0 Å². The van der Waals surface area contributed by atoms with E-state index in [1.165, 1.54) is 16.2 Å². The predicted octanol–water partition coefficient (Wildman–Crippen LogP) is 3.19. The Balaban J connectivity index is 1.72. The summed E-state index contributed by atoms with van der Waals surface area (Å²) >= 11 is 1.53. The number of urea groups is 1. The van der Waals surface area contributed by atoms with Gasteiger partial charge in [0.1, 0.15) is 5.82 Å². The molecule has 1 aliphatic rings. The maximum absolute atomic E-state index is 12.5. The van der Waals surface area contributed by atoms with Crippen molar-refractivity contribution < 1.29 is 4.79 Å². The van der Waals surface area contributed by atoms with Crippen LogP contribution >= 0.6 is 11.3 Å². The topological polar surface area (TPSA) is 73.9 Å². The van der Waals surface area contributed by atoms with Gasteiger partial charge in [-0.25, -0.2) is 14.8 Å². The lowest BCUT2D eigenvalue weighted by Crippen LogP contribution is -2.41. The van der Waals surface area contributed by atoms with E-state index in [2.05, 4.69) is 27.2 Å². The van der Waals surface area contributed by atoms with Crippen molar-refractivity contribution in [2.75, 3.05) is 11.9 Å². The van der Waals surface area contributed by atoms with Crippen LogP contribution in [0.15, 0.2) is 18.6 Å². The monoisotopic (exact) mass is 305 g/mol. The third-order valence-corrected chi connectivity index (χ3v) is 4.77. The molecule has 2 amide bonds. The van der Waals surface area contributed by atoms with Gasteiger partial charge in [-0.1, -0.05) is 6.92 Å². The van der Waals surface area contributed by atoms with Gasteiger partial charge in [0.25, 0.3) is 0 Å². The average molecular weight is 305 g/mol. The van der Waals surface area contributed by atoms with Gasteiger partial charge in [-0.2, -0.15) is 0 Å². The second kappa shape index (κ2) is 6.26. The van der Waals surface area contributed by atoms with E-state index >= 15 is 0 Å². The van der Waals surface area contributed by atoms with E-state index in [9.17, 15) is 4.79 Å². The van der Waals surface area contributed by atoms with Gasteiger partial charge in [0, 0.05) is 30.0 Å². The van der Waals surface area contributed by atoms with Crippen molar-refractivity contribution in [2.24, 2.45) is 0 Å². The summed E-state index contributed by atoms with van der Waals surface area (Å²) in [5.41, 5.74) is 0. The molecular formula is C14H19N5OS. The number of hydrogen-bond acceptors (Lipinski definition) is 4. The number of nitrogens with zero attached hydrogens (tertiary/aromatic N) is 3. The number of piperidine rings is 1. The van der Waals surface area contributed by atoms with E-state index in [0.717, 1.165) is 38.1 Å². The molecule has 2 aromatic heterocycles. The van der Waals surface area contributed by atoms with Gasteiger partial charge in [0.15, 0.2) is 5.13 Å². The van der Waals surface area contributed by atoms with E-state index < -0.39 is 0 Å². The molecule has 1 aliphatic heterocycles. The summed E-state index contributed by atoms with van der Waals surface area (Å²) in [6.45, 7) is 2.83. The number of aromatic amines is 1. The first-order valence-electron chi connectivity index (χ1n) is 7.29. The van der Waals surface area contributed by atoms with E-state index in [0.29, 0.717) is 5.13 Å². The van der Waals surface area contributed by atoms with Crippen molar-refractivity contribution in [1.82, 2.24) is 19.9 Å². The SMILES string of the molecule is CCc1cnc(NC(=O)N2CCCC[C@H]2c2ncc[nH]2)s1. The number of anilines is 1. The molecule has 0 unspecified atom stereocenters. The van der Waals surface area contributed by atoms with Gasteiger partial charge < -0.3 is 9.88 Å². The van der Waals surface area contributed by atoms with Crippen LogP contribution in [0.1, 0.15) is 42.9 Å². The van der Waals surface area contributed by atoms with Crippen molar-refractivity contribution >= 4 is 22.5 Å². The number of H-pyrrole nitrogens is 1. The minimum Gasteiger partial charge on any atom is -0.347 e. The lowest BCUT2D eigenvalue weighted by Gasteiger charge is -2.34. The first-order valence-corrected chi connectivity index (χ1v) is 8.11. The summed E-state index contributed by atoms with van der Waals surface area (Å²) in [7, 11) is 0. The van der Waals surface area contributed by atoms with Crippen molar-refractivity contribution in [2.45, 2.75) is 38.6 Å². The number of carbonyl (C=O) groups excluding carboxylic acids is 1. The first kappa shape index (κ1) is 14.1. The molecule has 3 heterocycles. The summed E-state index contributed by atoms with van der Waals surface area (Å²) in [4.78, 5) is 27.2. The van der Waals surface area contributed by atoms with Crippen LogP contribution in [0.5, 0.6) is 0 Å². The third kappa shape index (κ3) is 3.07. The van der Waals surface area contributed by atoms with Crippen molar-refractivity contribution in [1.29, 1.82) is 0 Å². The molecule has 0 spiro atoms. The summed E-state index contributed by atoms with van der Waals surface area (Å²) in [5, 5.41) is 3.58. The fraction of sp³-hybridized carbons (Fsp3) is 0.500. The van der Waals surface area contributed by atoms with Crippen LogP contribution in [0.25, 0.3) is 0 Å². The number of aryl methyl sites for hydroxylation is 1. The van der Waals surface area contributed by atoms with Gasteiger partial charge in [-0.15, -0.1) is 11.3 Å². The van der Waals surface area contributed by atoms with Crippen LogP contribution in [-0.4, -0.2) is 32.4 Å². The van der Waals surface area contributed by atoms with Crippen LogP contribution < -0.4 is 5.32 Å². The Labute approximate surface area is 127 Å². The number of likely N-dealkylation sites (tertiary alicyclic amines) is 1. The largest absolute Gasteiger partial charge is 0.347 e. The second-order valence-electron chi connectivity index (χ2n) is 5.09. The number of thiazole rings is 1. The van der Waals surface area contributed by atoms with E-state index in [1.807, 2.05) is 11.1 Å². The fourth-order valence-corrected chi connectivity index (χ4v) is 3.35. The van der Waals surface area contributed by atoms with Gasteiger partial charge in [0.2, 0.25) is 0 Å². The average Bonchev–Trinajstić information content (AvgIpc) is 3.18. The lowest BCUT2D eigenvalue weighted by molar-refractivity contribution is 0.160. The van der Waals surface area contributed by atoms with E-state index in [4.69, 9.17) is 0 Å². The number of aromatic nitrogens is 3. The Morgan fingerprint density at radius 3 is 3.14 bits per heavy atom. The molecule has 6 nitrogen and oxygen atoms in total. The molecule has 7 heteroatoms. The summed E-state index contributed by atoms with van der Waals surface area (Å²) in [6, 6.07) is -0.0625. The standard InChI is InChI=1S/C14H19N5OS/c1-2-10-9-17-13(21-10)18-14(20)19-8-4-3-5-11(19)12-15-6-7-16-12/h6-7,9,11H,2-5,8H2,1H3,(H,15,16)(H,17,18,20)/t11-/m0/s1.